The van der Waals surface area contributed by atoms with E-state index in [0.717, 1.165) is 71.0 Å². The lowest BCUT2D eigenvalue weighted by atomic mass is 9.95. The zero-order valence-electron chi connectivity index (χ0n) is 37.7. The van der Waals surface area contributed by atoms with Crippen molar-refractivity contribution in [1.29, 1.82) is 0 Å². The van der Waals surface area contributed by atoms with E-state index in [9.17, 15) is 14.7 Å². The van der Waals surface area contributed by atoms with Gasteiger partial charge in [0.25, 0.3) is 0 Å². The molecular weight excluding hydrogens is 683 g/mol. The summed E-state index contributed by atoms with van der Waals surface area (Å²) in [5, 5.41) is 9.60. The van der Waals surface area contributed by atoms with E-state index in [0.29, 0.717) is 37.9 Å². The molecule has 0 aromatic carbocycles. The van der Waals surface area contributed by atoms with Crippen LogP contribution in [0.2, 0.25) is 0 Å². The van der Waals surface area contributed by atoms with Gasteiger partial charge in [-0.25, -0.2) is 0 Å². The van der Waals surface area contributed by atoms with Crippen LogP contribution in [0.1, 0.15) is 252 Å². The molecule has 0 aliphatic heterocycles. The van der Waals surface area contributed by atoms with E-state index in [-0.39, 0.29) is 18.5 Å². The van der Waals surface area contributed by atoms with E-state index < -0.39 is 0 Å². The van der Waals surface area contributed by atoms with Crippen LogP contribution in [0.4, 0.5) is 0 Å². The van der Waals surface area contributed by atoms with Crippen LogP contribution >= 0.6 is 0 Å². The van der Waals surface area contributed by atoms with Gasteiger partial charge < -0.3 is 19.5 Å². The Morgan fingerprint density at radius 3 is 1.04 bits per heavy atom. The van der Waals surface area contributed by atoms with Crippen molar-refractivity contribution in [2.75, 3.05) is 39.5 Å². The van der Waals surface area contributed by atoms with Gasteiger partial charge in [-0.05, 0) is 76.3 Å². The summed E-state index contributed by atoms with van der Waals surface area (Å²) in [5.41, 5.74) is 0. The SMILES string of the molecule is CCCCCCCCC(CCCCCC)COC(=O)CCCCCCCN(CCO)CCCCCCCC(=O)OCC(CCCCCC)CCCCCCC. The Labute approximate surface area is 343 Å². The maximum absolute atomic E-state index is 12.5. The largest absolute Gasteiger partial charge is 0.465 e. The van der Waals surface area contributed by atoms with Crippen LogP contribution in [0.25, 0.3) is 0 Å². The van der Waals surface area contributed by atoms with Gasteiger partial charge in [-0.3, -0.25) is 9.59 Å². The maximum atomic E-state index is 12.5. The number of nitrogens with zero attached hydrogens (tertiary/aromatic N) is 1. The number of carbonyl (C=O) groups excluding carboxylic acids is 2. The first-order valence-corrected chi connectivity index (χ1v) is 24.6. The number of carbonyl (C=O) groups is 2. The highest BCUT2D eigenvalue weighted by molar-refractivity contribution is 5.69. The van der Waals surface area contributed by atoms with Crippen LogP contribution in [-0.4, -0.2) is 61.4 Å². The molecule has 0 aliphatic carbocycles. The molecule has 328 valence electrons. The van der Waals surface area contributed by atoms with Gasteiger partial charge in [-0.1, -0.05) is 188 Å². The minimum atomic E-state index is -0.00526. The van der Waals surface area contributed by atoms with E-state index >= 15 is 0 Å². The van der Waals surface area contributed by atoms with Gasteiger partial charge in [-0.15, -0.1) is 0 Å². The first-order chi connectivity index (χ1) is 27.0. The molecule has 0 amide bonds. The molecule has 2 atom stereocenters. The van der Waals surface area contributed by atoms with E-state index in [1.807, 2.05) is 0 Å². The van der Waals surface area contributed by atoms with Crippen LogP contribution < -0.4 is 0 Å². The summed E-state index contributed by atoms with van der Waals surface area (Å²) in [6.45, 7) is 13.3. The first kappa shape index (κ1) is 53.9. The normalized spacial score (nSPS) is 12.7. The van der Waals surface area contributed by atoms with Crippen molar-refractivity contribution < 1.29 is 24.2 Å². The number of hydrogen-bond acceptors (Lipinski definition) is 6. The molecule has 2 unspecified atom stereocenters. The van der Waals surface area contributed by atoms with Crippen molar-refractivity contribution in [3.8, 4) is 0 Å². The number of aliphatic hydroxyl groups is 1. The molecule has 0 radical (unpaired) electrons. The fourth-order valence-electron chi connectivity index (χ4n) is 7.90. The third-order valence-electron chi connectivity index (χ3n) is 11.7. The van der Waals surface area contributed by atoms with Crippen LogP contribution in [0, 0.1) is 11.8 Å². The van der Waals surface area contributed by atoms with Gasteiger partial charge in [0.2, 0.25) is 0 Å². The molecule has 0 aliphatic rings. The molecule has 55 heavy (non-hydrogen) atoms. The predicted octanol–water partition coefficient (Wildman–Crippen LogP) is 14.3. The summed E-state index contributed by atoms with van der Waals surface area (Å²) in [4.78, 5) is 27.4. The molecule has 0 spiro atoms. The number of esters is 2. The quantitative estimate of drug-likeness (QED) is 0.0490. The second-order valence-corrected chi connectivity index (χ2v) is 17.2. The Morgan fingerprint density at radius 1 is 0.400 bits per heavy atom. The number of rotatable bonds is 45. The summed E-state index contributed by atoms with van der Waals surface area (Å²) in [6.07, 6.45) is 41.6. The van der Waals surface area contributed by atoms with Gasteiger partial charge in [-0.2, -0.15) is 0 Å². The molecule has 1 N–H and O–H groups in total. The summed E-state index contributed by atoms with van der Waals surface area (Å²) in [6, 6.07) is 0. The molecular formula is C49H97NO5. The lowest BCUT2D eigenvalue weighted by Gasteiger charge is -2.21. The Bertz CT molecular complexity index is 791. The highest BCUT2D eigenvalue weighted by Gasteiger charge is 2.14. The summed E-state index contributed by atoms with van der Waals surface area (Å²) in [7, 11) is 0. The van der Waals surface area contributed by atoms with Crippen LogP contribution in [-0.2, 0) is 19.1 Å². The molecule has 0 saturated heterocycles. The molecule has 0 rings (SSSR count). The van der Waals surface area contributed by atoms with Crippen LogP contribution in [0.5, 0.6) is 0 Å². The third-order valence-corrected chi connectivity index (χ3v) is 11.7. The van der Waals surface area contributed by atoms with Gasteiger partial charge in [0.05, 0.1) is 19.8 Å². The molecule has 0 bridgehead atoms. The number of ether oxygens (including phenoxy) is 2. The second kappa shape index (κ2) is 44.0. The van der Waals surface area contributed by atoms with Crippen molar-refractivity contribution in [3.05, 3.63) is 0 Å². The van der Waals surface area contributed by atoms with E-state index in [1.54, 1.807) is 0 Å². The standard InChI is InChI=1S/C49H97NO5/c1-5-9-13-17-21-29-37-47(35-27-16-12-8-4)45-55-49(53)39-31-23-19-25-33-41-50(42-43-51)40-32-24-18-22-30-38-48(52)54-44-46(34-26-15-11-7-3)36-28-20-14-10-6-2/h46-47,51H,5-45H2,1-4H3. The van der Waals surface area contributed by atoms with E-state index in [4.69, 9.17) is 9.47 Å². The van der Waals surface area contributed by atoms with Crippen LogP contribution in [0.3, 0.4) is 0 Å². The Balaban J connectivity index is 4.06. The molecule has 6 heteroatoms. The highest BCUT2D eigenvalue weighted by Crippen LogP contribution is 2.21. The zero-order valence-corrected chi connectivity index (χ0v) is 37.7. The van der Waals surface area contributed by atoms with Crippen molar-refractivity contribution in [3.63, 3.8) is 0 Å². The van der Waals surface area contributed by atoms with Gasteiger partial charge in [0.1, 0.15) is 0 Å². The maximum Gasteiger partial charge on any atom is 0.305 e. The number of aliphatic hydroxyl groups excluding tert-OH is 1. The molecule has 0 aromatic rings. The molecule has 0 aromatic heterocycles. The first-order valence-electron chi connectivity index (χ1n) is 24.6. The van der Waals surface area contributed by atoms with Crippen molar-refractivity contribution in [2.24, 2.45) is 11.8 Å². The lowest BCUT2D eigenvalue weighted by Crippen LogP contribution is -2.29. The van der Waals surface area contributed by atoms with Gasteiger partial charge in [0, 0.05) is 19.4 Å². The molecule has 6 nitrogen and oxygen atoms in total. The zero-order chi connectivity index (χ0) is 40.3. The monoisotopic (exact) mass is 780 g/mol. The van der Waals surface area contributed by atoms with Gasteiger partial charge in [0.15, 0.2) is 0 Å². The van der Waals surface area contributed by atoms with Crippen molar-refractivity contribution >= 4 is 11.9 Å². The Hall–Kier alpha value is -1.14. The minimum Gasteiger partial charge on any atom is -0.465 e. The lowest BCUT2D eigenvalue weighted by molar-refractivity contribution is -0.146. The highest BCUT2D eigenvalue weighted by atomic mass is 16.5. The van der Waals surface area contributed by atoms with Gasteiger partial charge >= 0.3 is 11.9 Å². The van der Waals surface area contributed by atoms with Crippen molar-refractivity contribution in [1.82, 2.24) is 4.90 Å². The number of unbranched alkanes of at least 4 members (excludes halogenated alkanes) is 23. The van der Waals surface area contributed by atoms with Crippen molar-refractivity contribution in [2.45, 2.75) is 252 Å². The third kappa shape index (κ3) is 39.5. The Kier molecular flexibility index (Phi) is 43.1. The summed E-state index contributed by atoms with van der Waals surface area (Å²) in [5.74, 6) is 1.06. The molecule has 0 saturated carbocycles. The van der Waals surface area contributed by atoms with E-state index in [1.165, 1.54) is 161 Å². The summed E-state index contributed by atoms with van der Waals surface area (Å²) < 4.78 is 11.6. The Morgan fingerprint density at radius 2 is 0.691 bits per heavy atom. The average Bonchev–Trinajstić information content (AvgIpc) is 3.18. The smallest absolute Gasteiger partial charge is 0.305 e. The topological polar surface area (TPSA) is 76.1 Å². The summed E-state index contributed by atoms with van der Waals surface area (Å²) >= 11 is 0. The van der Waals surface area contributed by atoms with Crippen LogP contribution in [0.15, 0.2) is 0 Å². The fraction of sp³-hybridized carbons (Fsp3) is 0.959. The second-order valence-electron chi connectivity index (χ2n) is 17.2. The minimum absolute atomic E-state index is 0.00371. The molecule has 0 fully saturated rings. The van der Waals surface area contributed by atoms with E-state index in [2.05, 4.69) is 32.6 Å². The fourth-order valence-corrected chi connectivity index (χ4v) is 7.90. The average molecular weight is 780 g/mol. The molecule has 0 heterocycles. The number of hydrogen-bond donors (Lipinski definition) is 1. The predicted molar refractivity (Wildman–Crippen MR) is 237 cm³/mol.